The minimum atomic E-state index is -0.00892. The van der Waals surface area contributed by atoms with Crippen molar-refractivity contribution in [3.63, 3.8) is 0 Å². The van der Waals surface area contributed by atoms with Crippen molar-refractivity contribution in [1.82, 2.24) is 4.98 Å². The molecule has 0 unspecified atom stereocenters. The molecular weight excluding hydrogens is 190 g/mol. The largest absolute Gasteiger partial charge is 0.397 e. The van der Waals surface area contributed by atoms with E-state index in [1.165, 1.54) is 6.20 Å². The Balaban J connectivity index is 2.68. The van der Waals surface area contributed by atoms with E-state index < -0.39 is 0 Å². The van der Waals surface area contributed by atoms with E-state index in [-0.39, 0.29) is 5.91 Å². The molecule has 0 aromatic carbocycles. The van der Waals surface area contributed by atoms with Gasteiger partial charge in [-0.1, -0.05) is 13.8 Å². The predicted octanol–water partition coefficient (Wildman–Crippen LogP) is 1.96. The number of pyridine rings is 1. The Hall–Kier alpha value is -1.58. The van der Waals surface area contributed by atoms with Crippen LogP contribution in [-0.2, 0) is 4.79 Å². The second kappa shape index (κ2) is 4.77. The number of nitrogens with one attached hydrogen (secondary N) is 1. The zero-order chi connectivity index (χ0) is 11.4. The van der Waals surface area contributed by atoms with Crippen molar-refractivity contribution in [1.29, 1.82) is 0 Å². The zero-order valence-electron chi connectivity index (χ0n) is 9.37. The van der Waals surface area contributed by atoms with Crippen LogP contribution >= 0.6 is 0 Å². The van der Waals surface area contributed by atoms with Crippen LogP contribution in [0, 0.1) is 12.8 Å². The number of nitrogens with zero attached hydrogens (tertiary/aromatic N) is 1. The minimum Gasteiger partial charge on any atom is -0.397 e. The van der Waals surface area contributed by atoms with E-state index in [2.05, 4.69) is 10.3 Å². The first-order chi connectivity index (χ1) is 6.99. The molecule has 0 atom stereocenters. The van der Waals surface area contributed by atoms with E-state index in [0.29, 0.717) is 23.8 Å². The number of anilines is 2. The maximum Gasteiger partial charge on any atom is 0.225 e. The fraction of sp³-hybridized carbons (Fsp3) is 0.455. The lowest BCUT2D eigenvalue weighted by molar-refractivity contribution is -0.116. The molecule has 0 aliphatic carbocycles. The highest BCUT2D eigenvalue weighted by atomic mass is 16.1. The average Bonchev–Trinajstić information content (AvgIpc) is 2.08. The van der Waals surface area contributed by atoms with E-state index in [9.17, 15) is 4.79 Å². The van der Waals surface area contributed by atoms with E-state index in [0.717, 1.165) is 5.56 Å². The summed E-state index contributed by atoms with van der Waals surface area (Å²) in [5, 5.41) is 2.76. The van der Waals surface area contributed by atoms with Crippen LogP contribution in [0.25, 0.3) is 0 Å². The Morgan fingerprint density at radius 3 is 2.80 bits per heavy atom. The molecular formula is C11H17N3O. The van der Waals surface area contributed by atoms with Crippen molar-refractivity contribution in [3.05, 3.63) is 17.8 Å². The Bertz CT molecular complexity index is 361. The van der Waals surface area contributed by atoms with Gasteiger partial charge in [0.25, 0.3) is 0 Å². The molecule has 1 rings (SSSR count). The smallest absolute Gasteiger partial charge is 0.225 e. The van der Waals surface area contributed by atoms with Gasteiger partial charge in [0.05, 0.1) is 11.9 Å². The van der Waals surface area contributed by atoms with Crippen molar-refractivity contribution in [2.24, 2.45) is 5.92 Å². The van der Waals surface area contributed by atoms with Gasteiger partial charge in [-0.3, -0.25) is 4.79 Å². The summed E-state index contributed by atoms with van der Waals surface area (Å²) >= 11 is 0. The topological polar surface area (TPSA) is 68.0 Å². The molecule has 1 amide bonds. The van der Waals surface area contributed by atoms with Gasteiger partial charge in [0.15, 0.2) is 0 Å². The number of nitrogen functional groups attached to an aromatic ring is 1. The van der Waals surface area contributed by atoms with E-state index >= 15 is 0 Å². The van der Waals surface area contributed by atoms with E-state index in [1.54, 1.807) is 6.07 Å². The van der Waals surface area contributed by atoms with Gasteiger partial charge in [-0.05, 0) is 24.5 Å². The highest BCUT2D eigenvalue weighted by Crippen LogP contribution is 2.14. The molecule has 15 heavy (non-hydrogen) atoms. The molecule has 0 aliphatic heterocycles. The molecule has 0 spiro atoms. The molecule has 0 saturated carbocycles. The second-order valence-corrected chi connectivity index (χ2v) is 4.08. The first-order valence-electron chi connectivity index (χ1n) is 5.01. The van der Waals surface area contributed by atoms with Crippen molar-refractivity contribution < 1.29 is 4.79 Å². The minimum absolute atomic E-state index is 0.00892. The average molecular weight is 207 g/mol. The van der Waals surface area contributed by atoms with Crippen LogP contribution in [0.3, 0.4) is 0 Å². The zero-order valence-corrected chi connectivity index (χ0v) is 9.37. The second-order valence-electron chi connectivity index (χ2n) is 4.08. The number of amides is 1. The third kappa shape index (κ3) is 3.58. The molecule has 82 valence electrons. The monoisotopic (exact) mass is 207 g/mol. The summed E-state index contributed by atoms with van der Waals surface area (Å²) in [6.07, 6.45) is 2.05. The number of aryl methyl sites for hydroxylation is 1. The number of hydrogen-bond acceptors (Lipinski definition) is 3. The number of aromatic nitrogens is 1. The summed E-state index contributed by atoms with van der Waals surface area (Å²) in [4.78, 5) is 15.5. The summed E-state index contributed by atoms with van der Waals surface area (Å²) in [7, 11) is 0. The van der Waals surface area contributed by atoms with Crippen LogP contribution in [0.2, 0.25) is 0 Å². The van der Waals surface area contributed by atoms with Crippen LogP contribution in [0.4, 0.5) is 11.5 Å². The molecule has 0 saturated heterocycles. The molecule has 1 aromatic heterocycles. The van der Waals surface area contributed by atoms with Crippen LogP contribution in [0.1, 0.15) is 25.8 Å². The molecule has 4 nitrogen and oxygen atoms in total. The molecule has 3 N–H and O–H groups in total. The quantitative estimate of drug-likeness (QED) is 0.796. The van der Waals surface area contributed by atoms with E-state index in [1.807, 2.05) is 20.8 Å². The highest BCUT2D eigenvalue weighted by Gasteiger charge is 2.07. The number of carbonyl (C=O) groups is 1. The third-order valence-electron chi connectivity index (χ3n) is 1.95. The number of carbonyl (C=O) groups excluding carboxylic acids is 1. The first kappa shape index (κ1) is 11.5. The van der Waals surface area contributed by atoms with Gasteiger partial charge < -0.3 is 11.1 Å². The number of rotatable bonds is 3. The summed E-state index contributed by atoms with van der Waals surface area (Å²) in [5.74, 6) is 0.930. The predicted molar refractivity (Wildman–Crippen MR) is 61.5 cm³/mol. The van der Waals surface area contributed by atoms with Crippen molar-refractivity contribution >= 4 is 17.4 Å². The van der Waals surface area contributed by atoms with Gasteiger partial charge in [0.1, 0.15) is 5.82 Å². The molecule has 4 heteroatoms. The summed E-state index contributed by atoms with van der Waals surface area (Å²) < 4.78 is 0. The molecule has 0 bridgehead atoms. The molecule has 1 aromatic rings. The Kier molecular flexibility index (Phi) is 3.66. The van der Waals surface area contributed by atoms with Gasteiger partial charge in [-0.25, -0.2) is 4.98 Å². The lowest BCUT2D eigenvalue weighted by Crippen LogP contribution is -2.15. The maximum absolute atomic E-state index is 11.5. The summed E-state index contributed by atoms with van der Waals surface area (Å²) in [5.41, 5.74) is 7.05. The number of nitrogens with two attached hydrogens (primary N) is 1. The van der Waals surface area contributed by atoms with Gasteiger partial charge in [-0.2, -0.15) is 0 Å². The summed E-state index contributed by atoms with van der Waals surface area (Å²) in [6.45, 7) is 5.88. The Morgan fingerprint density at radius 1 is 1.60 bits per heavy atom. The first-order valence-corrected chi connectivity index (χ1v) is 5.01. The van der Waals surface area contributed by atoms with Crippen LogP contribution in [-0.4, -0.2) is 10.9 Å². The SMILES string of the molecule is Cc1cc(N)cnc1NC(=O)CC(C)C. The molecule has 0 aliphatic rings. The van der Waals surface area contributed by atoms with Gasteiger partial charge in [0.2, 0.25) is 5.91 Å². The maximum atomic E-state index is 11.5. The lowest BCUT2D eigenvalue weighted by atomic mass is 10.1. The highest BCUT2D eigenvalue weighted by molar-refractivity contribution is 5.90. The van der Waals surface area contributed by atoms with Crippen LogP contribution in [0.15, 0.2) is 12.3 Å². The Labute approximate surface area is 89.9 Å². The molecule has 0 fully saturated rings. The van der Waals surface area contributed by atoms with Gasteiger partial charge >= 0.3 is 0 Å². The van der Waals surface area contributed by atoms with Crippen molar-refractivity contribution in [2.45, 2.75) is 27.2 Å². The standard InChI is InChI=1S/C11H17N3O/c1-7(2)4-10(15)14-11-8(3)5-9(12)6-13-11/h5-7H,4,12H2,1-3H3,(H,13,14,15). The Morgan fingerprint density at radius 2 is 2.27 bits per heavy atom. The molecule has 0 radical (unpaired) electrons. The van der Waals surface area contributed by atoms with Crippen LogP contribution in [0.5, 0.6) is 0 Å². The van der Waals surface area contributed by atoms with Crippen LogP contribution < -0.4 is 11.1 Å². The lowest BCUT2D eigenvalue weighted by Gasteiger charge is -2.08. The fourth-order valence-corrected chi connectivity index (χ4v) is 1.28. The third-order valence-corrected chi connectivity index (χ3v) is 1.95. The number of hydrogen-bond donors (Lipinski definition) is 2. The van der Waals surface area contributed by atoms with Crippen molar-refractivity contribution in [3.8, 4) is 0 Å². The van der Waals surface area contributed by atoms with Gasteiger partial charge in [0, 0.05) is 6.42 Å². The normalized spacial score (nSPS) is 10.4. The van der Waals surface area contributed by atoms with Crippen molar-refractivity contribution in [2.75, 3.05) is 11.1 Å². The van der Waals surface area contributed by atoms with Gasteiger partial charge in [-0.15, -0.1) is 0 Å². The summed E-state index contributed by atoms with van der Waals surface area (Å²) in [6, 6.07) is 1.79. The molecule has 1 heterocycles. The van der Waals surface area contributed by atoms with E-state index in [4.69, 9.17) is 5.73 Å². The fourth-order valence-electron chi connectivity index (χ4n) is 1.28.